The van der Waals surface area contributed by atoms with Crippen LogP contribution in [0.1, 0.15) is 15.9 Å². The quantitative estimate of drug-likeness (QED) is 0.307. The standard InChI is InChI=1S/C23H22N2O6/c1-2-15-30-22(28)19-21(27)25(20(26)18-11-7-4-8-12-18)14-13-24(19)23(29)31-16-17-9-5-3-6-10-17/h2-12,19H,1,13-16H2. The summed E-state index contributed by atoms with van der Waals surface area (Å²) in [5.74, 6) is -2.35. The van der Waals surface area contributed by atoms with Gasteiger partial charge in [0.25, 0.3) is 11.8 Å². The molecule has 3 amide bonds. The van der Waals surface area contributed by atoms with E-state index in [4.69, 9.17) is 9.47 Å². The van der Waals surface area contributed by atoms with Crippen molar-refractivity contribution in [3.05, 3.63) is 84.4 Å². The number of hydrogen-bond acceptors (Lipinski definition) is 6. The topological polar surface area (TPSA) is 93.2 Å². The van der Waals surface area contributed by atoms with Gasteiger partial charge in [-0.25, -0.2) is 9.59 Å². The highest BCUT2D eigenvalue weighted by Crippen LogP contribution is 2.18. The van der Waals surface area contributed by atoms with Crippen molar-refractivity contribution in [3.8, 4) is 0 Å². The maximum absolute atomic E-state index is 13.1. The SMILES string of the molecule is C=CCOC(=O)C1C(=O)N(C(=O)c2ccccc2)CCN1C(=O)OCc1ccccc1. The first-order valence-corrected chi connectivity index (χ1v) is 9.68. The lowest BCUT2D eigenvalue weighted by atomic mass is 10.1. The number of imide groups is 1. The van der Waals surface area contributed by atoms with Crippen molar-refractivity contribution in [2.45, 2.75) is 12.6 Å². The summed E-state index contributed by atoms with van der Waals surface area (Å²) in [5.41, 5.74) is 1.06. The van der Waals surface area contributed by atoms with Gasteiger partial charge < -0.3 is 9.47 Å². The predicted molar refractivity (Wildman–Crippen MR) is 111 cm³/mol. The average molecular weight is 422 g/mol. The van der Waals surface area contributed by atoms with Gasteiger partial charge in [0.05, 0.1) is 0 Å². The lowest BCUT2D eigenvalue weighted by Crippen LogP contribution is -2.63. The molecule has 1 heterocycles. The Morgan fingerprint density at radius 2 is 1.61 bits per heavy atom. The molecule has 1 saturated heterocycles. The summed E-state index contributed by atoms with van der Waals surface area (Å²) < 4.78 is 10.3. The number of piperazine rings is 1. The summed E-state index contributed by atoms with van der Waals surface area (Å²) in [7, 11) is 0. The Kier molecular flexibility index (Phi) is 7.16. The maximum Gasteiger partial charge on any atom is 0.411 e. The Hall–Kier alpha value is -3.94. The molecule has 3 rings (SSSR count). The number of carbonyl (C=O) groups is 4. The van der Waals surface area contributed by atoms with Crippen LogP contribution in [0, 0.1) is 0 Å². The molecule has 1 aliphatic heterocycles. The van der Waals surface area contributed by atoms with Crippen molar-refractivity contribution in [1.29, 1.82) is 0 Å². The third kappa shape index (κ3) is 5.16. The Morgan fingerprint density at radius 1 is 0.968 bits per heavy atom. The van der Waals surface area contributed by atoms with Crippen molar-refractivity contribution in [1.82, 2.24) is 9.80 Å². The molecule has 0 bridgehead atoms. The zero-order valence-corrected chi connectivity index (χ0v) is 16.8. The molecule has 8 nitrogen and oxygen atoms in total. The molecule has 0 aromatic heterocycles. The van der Waals surface area contributed by atoms with Gasteiger partial charge in [-0.2, -0.15) is 0 Å². The molecule has 0 aliphatic carbocycles. The van der Waals surface area contributed by atoms with Gasteiger partial charge in [0.2, 0.25) is 6.04 Å². The van der Waals surface area contributed by atoms with Crippen LogP contribution in [0.2, 0.25) is 0 Å². The average Bonchev–Trinajstić information content (AvgIpc) is 2.81. The number of rotatable bonds is 6. The van der Waals surface area contributed by atoms with Crippen LogP contribution in [0.3, 0.4) is 0 Å². The molecule has 0 radical (unpaired) electrons. The van der Waals surface area contributed by atoms with Gasteiger partial charge in [0.1, 0.15) is 13.2 Å². The Bertz CT molecular complexity index is 961. The Balaban J connectivity index is 1.78. The van der Waals surface area contributed by atoms with Gasteiger partial charge in [0.15, 0.2) is 0 Å². The third-order valence-corrected chi connectivity index (χ3v) is 4.65. The number of esters is 1. The van der Waals surface area contributed by atoms with Gasteiger partial charge in [0, 0.05) is 18.7 Å². The largest absolute Gasteiger partial charge is 0.460 e. The first kappa shape index (κ1) is 21.8. The van der Waals surface area contributed by atoms with E-state index >= 15 is 0 Å². The van der Waals surface area contributed by atoms with E-state index in [-0.39, 0.29) is 26.3 Å². The number of benzene rings is 2. The number of amides is 3. The van der Waals surface area contributed by atoms with E-state index in [9.17, 15) is 19.2 Å². The first-order chi connectivity index (χ1) is 15.0. The smallest absolute Gasteiger partial charge is 0.411 e. The molecule has 31 heavy (non-hydrogen) atoms. The minimum Gasteiger partial charge on any atom is -0.460 e. The van der Waals surface area contributed by atoms with Gasteiger partial charge in [-0.15, -0.1) is 0 Å². The van der Waals surface area contributed by atoms with Gasteiger partial charge >= 0.3 is 12.1 Å². The molecule has 1 fully saturated rings. The lowest BCUT2D eigenvalue weighted by molar-refractivity contribution is -0.157. The fourth-order valence-corrected chi connectivity index (χ4v) is 3.11. The minimum absolute atomic E-state index is 0.0224. The van der Waals surface area contributed by atoms with Crippen LogP contribution >= 0.6 is 0 Å². The van der Waals surface area contributed by atoms with Crippen LogP contribution in [0.15, 0.2) is 73.3 Å². The third-order valence-electron chi connectivity index (χ3n) is 4.65. The van der Waals surface area contributed by atoms with Gasteiger partial charge in [-0.05, 0) is 17.7 Å². The highest BCUT2D eigenvalue weighted by atomic mass is 16.6. The van der Waals surface area contributed by atoms with Crippen molar-refractivity contribution in [2.75, 3.05) is 19.7 Å². The van der Waals surface area contributed by atoms with E-state index in [0.717, 1.165) is 15.4 Å². The van der Waals surface area contributed by atoms with E-state index in [1.807, 2.05) is 6.07 Å². The maximum atomic E-state index is 13.1. The van der Waals surface area contributed by atoms with Crippen LogP contribution in [-0.4, -0.2) is 59.4 Å². The number of ether oxygens (including phenoxy) is 2. The van der Waals surface area contributed by atoms with Gasteiger partial charge in [-0.3, -0.25) is 19.4 Å². The molecule has 2 aromatic carbocycles. The molecule has 1 unspecified atom stereocenters. The highest BCUT2D eigenvalue weighted by Gasteiger charge is 2.46. The lowest BCUT2D eigenvalue weighted by Gasteiger charge is -2.37. The van der Waals surface area contributed by atoms with Crippen molar-refractivity contribution in [3.63, 3.8) is 0 Å². The zero-order chi connectivity index (χ0) is 22.2. The summed E-state index contributed by atoms with van der Waals surface area (Å²) in [4.78, 5) is 53.0. The molecule has 1 aliphatic rings. The summed E-state index contributed by atoms with van der Waals surface area (Å²) >= 11 is 0. The number of nitrogens with zero attached hydrogens (tertiary/aromatic N) is 2. The van der Waals surface area contributed by atoms with Gasteiger partial charge in [-0.1, -0.05) is 61.2 Å². The summed E-state index contributed by atoms with van der Waals surface area (Å²) in [6.07, 6.45) is 0.500. The molecular weight excluding hydrogens is 400 g/mol. The van der Waals surface area contributed by atoms with Crippen LogP contribution in [0.25, 0.3) is 0 Å². The van der Waals surface area contributed by atoms with Crippen LogP contribution < -0.4 is 0 Å². The second kappa shape index (κ2) is 10.2. The number of hydrogen-bond donors (Lipinski definition) is 0. The van der Waals surface area contributed by atoms with Crippen molar-refractivity contribution >= 4 is 23.9 Å². The monoisotopic (exact) mass is 422 g/mol. The minimum atomic E-state index is -1.62. The van der Waals surface area contributed by atoms with Crippen molar-refractivity contribution < 1.29 is 28.7 Å². The summed E-state index contributed by atoms with van der Waals surface area (Å²) in [5, 5.41) is 0. The molecule has 8 heteroatoms. The van der Waals surface area contributed by atoms with Crippen LogP contribution in [0.5, 0.6) is 0 Å². The molecule has 2 aromatic rings. The fourth-order valence-electron chi connectivity index (χ4n) is 3.11. The predicted octanol–water partition coefficient (Wildman–Crippen LogP) is 2.41. The normalized spacial score (nSPS) is 15.9. The van der Waals surface area contributed by atoms with E-state index in [1.165, 1.54) is 6.08 Å². The first-order valence-electron chi connectivity index (χ1n) is 9.68. The molecule has 0 saturated carbocycles. The second-order valence-corrected chi connectivity index (χ2v) is 6.72. The zero-order valence-electron chi connectivity index (χ0n) is 16.8. The second-order valence-electron chi connectivity index (χ2n) is 6.72. The number of carbonyl (C=O) groups excluding carboxylic acids is 4. The highest BCUT2D eigenvalue weighted by molar-refractivity contribution is 6.13. The summed E-state index contributed by atoms with van der Waals surface area (Å²) in [6.45, 7) is 3.17. The van der Waals surface area contributed by atoms with Crippen LogP contribution in [-0.2, 0) is 25.7 Å². The summed E-state index contributed by atoms with van der Waals surface area (Å²) in [6, 6.07) is 15.6. The molecule has 160 valence electrons. The Morgan fingerprint density at radius 3 is 2.26 bits per heavy atom. The van der Waals surface area contributed by atoms with Crippen molar-refractivity contribution in [2.24, 2.45) is 0 Å². The van der Waals surface area contributed by atoms with E-state index < -0.39 is 29.9 Å². The van der Waals surface area contributed by atoms with E-state index in [1.54, 1.807) is 54.6 Å². The Labute approximate surface area is 179 Å². The molecule has 0 spiro atoms. The molecule has 1 atom stereocenters. The molecular formula is C23H22N2O6. The van der Waals surface area contributed by atoms with Crippen LogP contribution in [0.4, 0.5) is 4.79 Å². The molecule has 0 N–H and O–H groups in total. The van der Waals surface area contributed by atoms with E-state index in [2.05, 4.69) is 6.58 Å². The van der Waals surface area contributed by atoms with E-state index in [0.29, 0.717) is 5.56 Å². The fraction of sp³-hybridized carbons (Fsp3) is 0.217.